The Bertz CT molecular complexity index is 305. The van der Waals surface area contributed by atoms with Gasteiger partial charge in [-0.2, -0.15) is 0 Å². The maximum Gasteiger partial charge on any atom is 0.138 e. The van der Waals surface area contributed by atoms with Crippen LogP contribution in [0.4, 0.5) is 4.39 Å². The van der Waals surface area contributed by atoms with Gasteiger partial charge in [0.25, 0.3) is 0 Å². The Morgan fingerprint density at radius 2 is 2.07 bits per heavy atom. The topological polar surface area (TPSA) is 29.5 Å². The van der Waals surface area contributed by atoms with Gasteiger partial charge < -0.3 is 9.84 Å². The smallest absolute Gasteiger partial charge is 0.138 e. The van der Waals surface area contributed by atoms with Crippen molar-refractivity contribution in [2.75, 3.05) is 13.2 Å². The van der Waals surface area contributed by atoms with Crippen LogP contribution in [-0.2, 0) is 0 Å². The second-order valence-corrected chi connectivity index (χ2v) is 3.61. The first-order chi connectivity index (χ1) is 7.24. The Morgan fingerprint density at radius 1 is 1.27 bits per heavy atom. The number of aliphatic hydroxyl groups is 1. The lowest BCUT2D eigenvalue weighted by atomic mass is 10.2. The van der Waals surface area contributed by atoms with E-state index in [4.69, 9.17) is 21.4 Å². The SMILES string of the molecule is OCCCCCOc1ccc(F)cc1Cl. The normalized spacial score (nSPS) is 10.3. The van der Waals surface area contributed by atoms with E-state index in [0.29, 0.717) is 12.4 Å². The van der Waals surface area contributed by atoms with E-state index in [1.807, 2.05) is 0 Å². The largest absolute Gasteiger partial charge is 0.492 e. The molecule has 0 bridgehead atoms. The molecule has 0 aliphatic carbocycles. The number of benzene rings is 1. The first kappa shape index (κ1) is 12.3. The van der Waals surface area contributed by atoms with Crippen molar-refractivity contribution < 1.29 is 14.2 Å². The molecule has 0 radical (unpaired) electrons. The summed E-state index contributed by atoms with van der Waals surface area (Å²) >= 11 is 5.76. The summed E-state index contributed by atoms with van der Waals surface area (Å²) in [5, 5.41) is 8.84. The van der Waals surface area contributed by atoms with E-state index in [1.54, 1.807) is 0 Å². The fourth-order valence-corrected chi connectivity index (χ4v) is 1.39. The molecule has 1 N–H and O–H groups in total. The zero-order valence-electron chi connectivity index (χ0n) is 8.38. The molecular weight excluding hydrogens is 219 g/mol. The Hall–Kier alpha value is -0.800. The highest BCUT2D eigenvalue weighted by Crippen LogP contribution is 2.24. The zero-order chi connectivity index (χ0) is 11.1. The van der Waals surface area contributed by atoms with Crippen LogP contribution in [0, 0.1) is 5.82 Å². The van der Waals surface area contributed by atoms with Gasteiger partial charge in [0.15, 0.2) is 0 Å². The highest BCUT2D eigenvalue weighted by molar-refractivity contribution is 6.32. The van der Waals surface area contributed by atoms with Gasteiger partial charge in [-0.25, -0.2) is 4.39 Å². The van der Waals surface area contributed by atoms with Crippen molar-refractivity contribution in [1.29, 1.82) is 0 Å². The Balaban J connectivity index is 2.31. The summed E-state index contributed by atoms with van der Waals surface area (Å²) in [5.41, 5.74) is 0. The van der Waals surface area contributed by atoms with Gasteiger partial charge in [0.1, 0.15) is 11.6 Å². The summed E-state index contributed by atoms with van der Waals surface area (Å²) in [6.45, 7) is 0.739. The fourth-order valence-electron chi connectivity index (χ4n) is 1.17. The minimum atomic E-state index is -0.368. The molecule has 4 heteroatoms. The van der Waals surface area contributed by atoms with E-state index in [9.17, 15) is 4.39 Å². The number of unbranched alkanes of at least 4 members (excludes halogenated alkanes) is 2. The van der Waals surface area contributed by atoms with Crippen molar-refractivity contribution in [3.8, 4) is 5.75 Å². The molecule has 0 aromatic heterocycles. The summed E-state index contributed by atoms with van der Waals surface area (Å²) in [6.07, 6.45) is 2.55. The van der Waals surface area contributed by atoms with Crippen molar-refractivity contribution in [3.63, 3.8) is 0 Å². The molecule has 84 valence electrons. The molecule has 0 aliphatic rings. The molecule has 0 saturated carbocycles. The minimum Gasteiger partial charge on any atom is -0.492 e. The predicted octanol–water partition coefficient (Wildman–Crippen LogP) is 3.02. The highest BCUT2D eigenvalue weighted by Gasteiger charge is 2.02. The van der Waals surface area contributed by atoms with Gasteiger partial charge in [-0.1, -0.05) is 11.6 Å². The van der Waals surface area contributed by atoms with Gasteiger partial charge in [-0.3, -0.25) is 0 Å². The molecule has 2 nitrogen and oxygen atoms in total. The second kappa shape index (κ2) is 6.64. The van der Waals surface area contributed by atoms with E-state index >= 15 is 0 Å². The molecule has 0 saturated heterocycles. The van der Waals surface area contributed by atoms with E-state index in [-0.39, 0.29) is 17.4 Å². The van der Waals surface area contributed by atoms with Gasteiger partial charge in [-0.15, -0.1) is 0 Å². The van der Waals surface area contributed by atoms with Crippen LogP contribution >= 0.6 is 11.6 Å². The van der Waals surface area contributed by atoms with Gasteiger partial charge in [0.05, 0.1) is 11.6 Å². The quantitative estimate of drug-likeness (QED) is 0.764. The maximum atomic E-state index is 12.7. The molecule has 0 spiro atoms. The number of ether oxygens (including phenoxy) is 1. The fraction of sp³-hybridized carbons (Fsp3) is 0.455. The Kier molecular flexibility index (Phi) is 5.43. The molecule has 0 unspecified atom stereocenters. The van der Waals surface area contributed by atoms with Crippen LogP contribution in [0.1, 0.15) is 19.3 Å². The Morgan fingerprint density at radius 3 is 2.73 bits per heavy atom. The van der Waals surface area contributed by atoms with Crippen molar-refractivity contribution in [2.45, 2.75) is 19.3 Å². The average molecular weight is 233 g/mol. The number of rotatable bonds is 6. The summed E-state index contributed by atoms with van der Waals surface area (Å²) in [6, 6.07) is 4.06. The molecule has 1 rings (SSSR count). The minimum absolute atomic E-state index is 0.206. The summed E-state index contributed by atoms with van der Waals surface area (Å²) in [5.74, 6) is 0.134. The third-order valence-electron chi connectivity index (χ3n) is 1.95. The third kappa shape index (κ3) is 4.49. The lowest BCUT2D eigenvalue weighted by Crippen LogP contribution is -1.98. The van der Waals surface area contributed by atoms with Crippen LogP contribution < -0.4 is 4.74 Å². The van der Waals surface area contributed by atoms with Gasteiger partial charge >= 0.3 is 0 Å². The van der Waals surface area contributed by atoms with E-state index in [0.717, 1.165) is 19.3 Å². The summed E-state index contributed by atoms with van der Waals surface area (Å²) in [4.78, 5) is 0. The lowest BCUT2D eigenvalue weighted by molar-refractivity contribution is 0.266. The first-order valence-electron chi connectivity index (χ1n) is 4.93. The second-order valence-electron chi connectivity index (χ2n) is 3.21. The highest BCUT2D eigenvalue weighted by atomic mass is 35.5. The van der Waals surface area contributed by atoms with E-state index in [1.165, 1.54) is 18.2 Å². The van der Waals surface area contributed by atoms with Crippen LogP contribution in [0.15, 0.2) is 18.2 Å². The van der Waals surface area contributed by atoms with Gasteiger partial charge in [-0.05, 0) is 37.5 Å². The molecule has 0 amide bonds. The van der Waals surface area contributed by atoms with Crippen molar-refractivity contribution in [3.05, 3.63) is 29.0 Å². The number of aliphatic hydroxyl groups excluding tert-OH is 1. The molecule has 0 fully saturated rings. The number of halogens is 2. The maximum absolute atomic E-state index is 12.7. The van der Waals surface area contributed by atoms with Gasteiger partial charge in [0, 0.05) is 6.61 Å². The molecule has 15 heavy (non-hydrogen) atoms. The van der Waals surface area contributed by atoms with E-state index < -0.39 is 0 Å². The molecule has 1 aromatic carbocycles. The van der Waals surface area contributed by atoms with Crippen LogP contribution in [0.3, 0.4) is 0 Å². The van der Waals surface area contributed by atoms with Crippen LogP contribution in [0.5, 0.6) is 5.75 Å². The molecule has 0 aliphatic heterocycles. The van der Waals surface area contributed by atoms with Crippen molar-refractivity contribution in [1.82, 2.24) is 0 Å². The Labute approximate surface area is 93.6 Å². The predicted molar refractivity (Wildman–Crippen MR) is 57.8 cm³/mol. The molecule has 0 heterocycles. The summed E-state index contributed by atoms with van der Waals surface area (Å²) < 4.78 is 18.0. The number of hydrogen-bond acceptors (Lipinski definition) is 2. The molecule has 1 aromatic rings. The monoisotopic (exact) mass is 232 g/mol. The summed E-state index contributed by atoms with van der Waals surface area (Å²) in [7, 11) is 0. The molecular formula is C11H14ClFO2. The third-order valence-corrected chi connectivity index (χ3v) is 2.25. The lowest BCUT2D eigenvalue weighted by Gasteiger charge is -2.07. The van der Waals surface area contributed by atoms with Crippen LogP contribution in [0.25, 0.3) is 0 Å². The van der Waals surface area contributed by atoms with Gasteiger partial charge in [0.2, 0.25) is 0 Å². The van der Waals surface area contributed by atoms with Crippen molar-refractivity contribution >= 4 is 11.6 Å². The zero-order valence-corrected chi connectivity index (χ0v) is 9.13. The van der Waals surface area contributed by atoms with Crippen LogP contribution in [0.2, 0.25) is 5.02 Å². The average Bonchev–Trinajstić information content (AvgIpc) is 2.20. The molecule has 0 atom stereocenters. The number of hydrogen-bond donors (Lipinski definition) is 1. The first-order valence-corrected chi connectivity index (χ1v) is 5.30. The van der Waals surface area contributed by atoms with E-state index in [2.05, 4.69) is 0 Å². The standard InChI is InChI=1S/C11H14ClFO2/c12-10-8-9(13)4-5-11(10)15-7-3-1-2-6-14/h4-5,8,14H,1-3,6-7H2. The van der Waals surface area contributed by atoms with Crippen molar-refractivity contribution in [2.24, 2.45) is 0 Å². The van der Waals surface area contributed by atoms with Crippen LogP contribution in [-0.4, -0.2) is 18.3 Å².